The summed E-state index contributed by atoms with van der Waals surface area (Å²) in [4.78, 5) is 29.2. The number of amides is 2. The SMILES string of the molecule is CC[C@H](C(=O)Nc1nc2n(n1)[C@H](c1ccccc1)CC(=O)N2)c1ccccc1. The van der Waals surface area contributed by atoms with Crippen LogP contribution in [0.15, 0.2) is 60.7 Å². The average molecular weight is 375 g/mol. The normalized spacial score (nSPS) is 16.8. The zero-order valence-corrected chi connectivity index (χ0v) is 15.5. The minimum absolute atomic E-state index is 0.123. The molecule has 0 fully saturated rings. The maximum atomic E-state index is 12.8. The van der Waals surface area contributed by atoms with Crippen molar-refractivity contribution in [2.45, 2.75) is 31.7 Å². The van der Waals surface area contributed by atoms with Gasteiger partial charge < -0.3 is 0 Å². The van der Waals surface area contributed by atoms with Crippen LogP contribution in [0.3, 0.4) is 0 Å². The summed E-state index contributed by atoms with van der Waals surface area (Å²) in [5, 5.41) is 9.98. The summed E-state index contributed by atoms with van der Waals surface area (Å²) >= 11 is 0. The number of hydrogen-bond acceptors (Lipinski definition) is 4. The van der Waals surface area contributed by atoms with Crippen molar-refractivity contribution in [2.24, 2.45) is 0 Å². The maximum Gasteiger partial charge on any atom is 0.250 e. The van der Waals surface area contributed by atoms with Gasteiger partial charge in [0.1, 0.15) is 0 Å². The summed E-state index contributed by atoms with van der Waals surface area (Å²) < 4.78 is 1.66. The molecule has 0 saturated carbocycles. The minimum Gasteiger partial charge on any atom is -0.295 e. The van der Waals surface area contributed by atoms with Crippen molar-refractivity contribution in [3.63, 3.8) is 0 Å². The number of carbonyl (C=O) groups is 2. The van der Waals surface area contributed by atoms with Gasteiger partial charge in [0.2, 0.25) is 17.8 Å². The Labute approximate surface area is 162 Å². The van der Waals surface area contributed by atoms with Crippen LogP contribution in [0.25, 0.3) is 0 Å². The second-order valence-electron chi connectivity index (χ2n) is 6.74. The predicted molar refractivity (Wildman–Crippen MR) is 106 cm³/mol. The van der Waals surface area contributed by atoms with E-state index in [-0.39, 0.29) is 36.1 Å². The molecule has 0 saturated heterocycles. The number of nitrogens with one attached hydrogen (secondary N) is 2. The van der Waals surface area contributed by atoms with E-state index < -0.39 is 0 Å². The molecule has 0 spiro atoms. The molecule has 0 bridgehead atoms. The number of carbonyl (C=O) groups excluding carboxylic acids is 2. The smallest absolute Gasteiger partial charge is 0.250 e. The molecule has 0 unspecified atom stereocenters. The van der Waals surface area contributed by atoms with Crippen molar-refractivity contribution in [3.8, 4) is 0 Å². The highest BCUT2D eigenvalue weighted by Gasteiger charge is 2.30. The predicted octanol–water partition coefficient (Wildman–Crippen LogP) is 3.34. The molecule has 28 heavy (non-hydrogen) atoms. The minimum atomic E-state index is -0.291. The first-order valence-corrected chi connectivity index (χ1v) is 9.33. The maximum absolute atomic E-state index is 12.8. The lowest BCUT2D eigenvalue weighted by Gasteiger charge is -2.23. The number of hydrogen-bond donors (Lipinski definition) is 2. The summed E-state index contributed by atoms with van der Waals surface area (Å²) in [6.45, 7) is 1.97. The molecule has 1 aliphatic rings. The molecule has 0 aliphatic carbocycles. The second kappa shape index (κ2) is 7.64. The zero-order valence-electron chi connectivity index (χ0n) is 15.5. The molecule has 3 aromatic rings. The van der Waals surface area contributed by atoms with Crippen molar-refractivity contribution >= 4 is 23.7 Å². The van der Waals surface area contributed by atoms with E-state index in [1.165, 1.54) is 0 Å². The molecule has 2 heterocycles. The van der Waals surface area contributed by atoms with Gasteiger partial charge in [-0.3, -0.25) is 20.2 Å². The molecule has 2 atom stereocenters. The number of rotatable bonds is 5. The zero-order chi connectivity index (χ0) is 19.5. The van der Waals surface area contributed by atoms with E-state index in [9.17, 15) is 9.59 Å². The lowest BCUT2D eigenvalue weighted by Crippen LogP contribution is -2.29. The number of fused-ring (bicyclic) bond motifs is 1. The molecule has 4 rings (SSSR count). The molecule has 7 heteroatoms. The van der Waals surface area contributed by atoms with E-state index >= 15 is 0 Å². The third-order valence-electron chi connectivity index (χ3n) is 4.90. The van der Waals surface area contributed by atoms with Gasteiger partial charge in [-0.1, -0.05) is 67.6 Å². The highest BCUT2D eigenvalue weighted by Crippen LogP contribution is 2.30. The van der Waals surface area contributed by atoms with Gasteiger partial charge in [0, 0.05) is 0 Å². The average Bonchev–Trinajstić information content (AvgIpc) is 3.11. The monoisotopic (exact) mass is 375 g/mol. The molecule has 7 nitrogen and oxygen atoms in total. The summed E-state index contributed by atoms with van der Waals surface area (Å²) in [6, 6.07) is 19.1. The van der Waals surface area contributed by atoms with Gasteiger partial charge in [-0.15, -0.1) is 5.10 Å². The van der Waals surface area contributed by atoms with E-state index in [1.54, 1.807) is 4.68 Å². The van der Waals surface area contributed by atoms with Gasteiger partial charge in [0.15, 0.2) is 0 Å². The van der Waals surface area contributed by atoms with Crippen molar-refractivity contribution < 1.29 is 9.59 Å². The van der Waals surface area contributed by atoms with Crippen LogP contribution in [0, 0.1) is 0 Å². The Kier molecular flexibility index (Phi) is 4.89. The Morgan fingerprint density at radius 3 is 2.54 bits per heavy atom. The highest BCUT2D eigenvalue weighted by molar-refractivity contribution is 5.95. The van der Waals surface area contributed by atoms with Crippen molar-refractivity contribution in [2.75, 3.05) is 10.6 Å². The summed E-state index contributed by atoms with van der Waals surface area (Å²) in [5.74, 6) is -0.0477. The Bertz CT molecular complexity index is 985. The molecular formula is C21H21N5O2. The van der Waals surface area contributed by atoms with Crippen LogP contribution in [0.1, 0.15) is 42.9 Å². The van der Waals surface area contributed by atoms with Gasteiger partial charge >= 0.3 is 0 Å². The molecule has 142 valence electrons. The summed E-state index contributed by atoms with van der Waals surface area (Å²) in [7, 11) is 0. The van der Waals surface area contributed by atoms with E-state index in [0.717, 1.165) is 11.1 Å². The van der Waals surface area contributed by atoms with Gasteiger partial charge in [-0.25, -0.2) is 4.68 Å². The van der Waals surface area contributed by atoms with Gasteiger partial charge in [0.25, 0.3) is 5.95 Å². The fourth-order valence-electron chi connectivity index (χ4n) is 3.51. The Morgan fingerprint density at radius 2 is 1.86 bits per heavy atom. The number of benzene rings is 2. The van der Waals surface area contributed by atoms with Gasteiger partial charge in [-0.05, 0) is 17.5 Å². The third-order valence-corrected chi connectivity index (χ3v) is 4.90. The van der Waals surface area contributed by atoms with Crippen LogP contribution < -0.4 is 10.6 Å². The number of nitrogens with zero attached hydrogens (tertiary/aromatic N) is 3. The molecule has 2 amide bonds. The lowest BCUT2D eigenvalue weighted by atomic mass is 9.96. The molecule has 0 radical (unpaired) electrons. The topological polar surface area (TPSA) is 88.9 Å². The first kappa shape index (κ1) is 17.9. The Morgan fingerprint density at radius 1 is 1.18 bits per heavy atom. The standard InChI is InChI=1S/C21H21N5O2/c1-2-16(14-9-5-3-6-10-14)19(28)23-20-24-21-22-18(27)13-17(26(21)25-20)15-11-7-4-8-12-15/h3-12,16-17H,2,13H2,1H3,(H2,22,23,24,25,27,28)/t16-,17-/m0/s1. The van der Waals surface area contributed by atoms with Gasteiger partial charge in [0.05, 0.1) is 18.4 Å². The second-order valence-corrected chi connectivity index (χ2v) is 6.74. The van der Waals surface area contributed by atoms with E-state index in [0.29, 0.717) is 12.4 Å². The first-order valence-electron chi connectivity index (χ1n) is 9.33. The largest absolute Gasteiger partial charge is 0.295 e. The van der Waals surface area contributed by atoms with Crippen LogP contribution in [-0.2, 0) is 9.59 Å². The fraction of sp³-hybridized carbons (Fsp3) is 0.238. The van der Waals surface area contributed by atoms with Gasteiger partial charge in [-0.2, -0.15) is 4.98 Å². The fourth-order valence-corrected chi connectivity index (χ4v) is 3.51. The summed E-state index contributed by atoms with van der Waals surface area (Å²) in [6.07, 6.45) is 0.933. The molecule has 2 N–H and O–H groups in total. The van der Waals surface area contributed by atoms with Crippen LogP contribution >= 0.6 is 0 Å². The van der Waals surface area contributed by atoms with Crippen molar-refractivity contribution in [1.29, 1.82) is 0 Å². The van der Waals surface area contributed by atoms with Crippen LogP contribution in [-0.4, -0.2) is 26.6 Å². The highest BCUT2D eigenvalue weighted by atomic mass is 16.2. The number of anilines is 2. The Balaban J connectivity index is 1.59. The third kappa shape index (κ3) is 3.51. The first-order chi connectivity index (χ1) is 13.7. The van der Waals surface area contributed by atoms with Crippen molar-refractivity contribution in [1.82, 2.24) is 14.8 Å². The van der Waals surface area contributed by atoms with E-state index in [2.05, 4.69) is 20.7 Å². The van der Waals surface area contributed by atoms with Crippen molar-refractivity contribution in [3.05, 3.63) is 71.8 Å². The van der Waals surface area contributed by atoms with Crippen LogP contribution in [0.4, 0.5) is 11.9 Å². The lowest BCUT2D eigenvalue weighted by molar-refractivity contribution is -0.118. The molecular weight excluding hydrogens is 354 g/mol. The molecule has 1 aromatic heterocycles. The van der Waals surface area contributed by atoms with E-state index in [4.69, 9.17) is 0 Å². The van der Waals surface area contributed by atoms with E-state index in [1.807, 2.05) is 67.6 Å². The Hall–Kier alpha value is -3.48. The molecule has 1 aliphatic heterocycles. The quantitative estimate of drug-likeness (QED) is 0.716. The summed E-state index contributed by atoms with van der Waals surface area (Å²) in [5.41, 5.74) is 1.92. The number of aromatic nitrogens is 3. The van der Waals surface area contributed by atoms with Crippen LogP contribution in [0.2, 0.25) is 0 Å². The molecule has 2 aromatic carbocycles. The van der Waals surface area contributed by atoms with Crippen LogP contribution in [0.5, 0.6) is 0 Å².